The van der Waals surface area contributed by atoms with Crippen LogP contribution in [0.1, 0.15) is 37.6 Å². The molecule has 1 aromatic heterocycles. The lowest BCUT2D eigenvalue weighted by molar-refractivity contribution is -0.260. The molecular formula is C26H31ClN2O4S. The van der Waals surface area contributed by atoms with E-state index in [0.717, 1.165) is 17.7 Å². The normalized spacial score (nSPS) is 20.3. The summed E-state index contributed by atoms with van der Waals surface area (Å²) in [4.78, 5) is 6.43. The first-order valence-electron chi connectivity index (χ1n) is 11.4. The third kappa shape index (κ3) is 5.79. The van der Waals surface area contributed by atoms with Gasteiger partial charge in [0.05, 0.1) is 19.8 Å². The van der Waals surface area contributed by atoms with Crippen molar-refractivity contribution in [2.24, 2.45) is 0 Å². The van der Waals surface area contributed by atoms with Crippen molar-refractivity contribution in [3.05, 3.63) is 81.3 Å². The standard InChI is InChI=1S/C26H31ClN2O4S/c1-19(31-15-13-20-9-5-4-6-10-20)33-22-12-8-7-11-21(22)25(2,3)29-14-16-32-26(30,18-29)23-17-34-24(27)28-23/h4-12,17,19,30H,13-16,18H2,1-3H3. The number of rotatable bonds is 9. The summed E-state index contributed by atoms with van der Waals surface area (Å²) >= 11 is 7.28. The van der Waals surface area contributed by atoms with E-state index in [1.807, 2.05) is 43.3 Å². The number of nitrogens with zero attached hydrogens (tertiary/aromatic N) is 2. The number of morpholine rings is 1. The van der Waals surface area contributed by atoms with Crippen LogP contribution in [-0.2, 0) is 27.2 Å². The SMILES string of the molecule is CC(OCCc1ccccc1)Oc1ccccc1C(C)(C)N1CCOC(O)(c2csc(Cl)n2)C1. The number of aromatic nitrogens is 1. The summed E-state index contributed by atoms with van der Waals surface area (Å²) in [6.45, 7) is 8.02. The molecule has 34 heavy (non-hydrogen) atoms. The molecule has 0 spiro atoms. The lowest BCUT2D eigenvalue weighted by Gasteiger charge is -2.46. The van der Waals surface area contributed by atoms with Crippen LogP contribution in [0.5, 0.6) is 5.75 Å². The maximum Gasteiger partial charge on any atom is 0.224 e. The van der Waals surface area contributed by atoms with Crippen LogP contribution in [0.4, 0.5) is 0 Å². The van der Waals surface area contributed by atoms with Gasteiger partial charge in [0.1, 0.15) is 11.4 Å². The van der Waals surface area contributed by atoms with Crippen LogP contribution in [0.2, 0.25) is 4.47 Å². The Kier molecular flexibility index (Phi) is 7.92. The fourth-order valence-electron chi connectivity index (χ4n) is 4.22. The molecule has 6 nitrogen and oxygen atoms in total. The second kappa shape index (κ2) is 10.7. The summed E-state index contributed by atoms with van der Waals surface area (Å²) in [5, 5.41) is 13.0. The van der Waals surface area contributed by atoms with Gasteiger partial charge in [-0.25, -0.2) is 4.98 Å². The Bertz CT molecular complexity index is 1080. The van der Waals surface area contributed by atoms with E-state index in [1.165, 1.54) is 16.9 Å². The number of aliphatic hydroxyl groups is 1. The molecule has 0 aliphatic carbocycles. The highest BCUT2D eigenvalue weighted by Crippen LogP contribution is 2.39. The van der Waals surface area contributed by atoms with Crippen LogP contribution < -0.4 is 4.74 Å². The zero-order valence-corrected chi connectivity index (χ0v) is 21.3. The van der Waals surface area contributed by atoms with Crippen LogP contribution in [-0.4, -0.2) is 47.6 Å². The van der Waals surface area contributed by atoms with Gasteiger partial charge in [-0.15, -0.1) is 11.3 Å². The molecule has 1 N–H and O–H groups in total. The van der Waals surface area contributed by atoms with Gasteiger partial charge < -0.3 is 19.3 Å². The summed E-state index contributed by atoms with van der Waals surface area (Å²) in [6, 6.07) is 18.2. The second-order valence-electron chi connectivity index (χ2n) is 8.89. The molecule has 3 aromatic rings. The minimum absolute atomic E-state index is 0.261. The quantitative estimate of drug-likeness (QED) is 0.406. The van der Waals surface area contributed by atoms with E-state index in [2.05, 4.69) is 41.9 Å². The fourth-order valence-corrected chi connectivity index (χ4v) is 5.04. The van der Waals surface area contributed by atoms with Gasteiger partial charge in [-0.05, 0) is 38.8 Å². The van der Waals surface area contributed by atoms with Crippen LogP contribution in [0.3, 0.4) is 0 Å². The molecule has 0 saturated carbocycles. The van der Waals surface area contributed by atoms with Gasteiger partial charge in [0.15, 0.2) is 10.8 Å². The summed E-state index contributed by atoms with van der Waals surface area (Å²) in [5.74, 6) is -0.755. The van der Waals surface area contributed by atoms with Crippen LogP contribution in [0.25, 0.3) is 0 Å². The van der Waals surface area contributed by atoms with Crippen molar-refractivity contribution in [3.63, 3.8) is 0 Å². The highest BCUT2D eigenvalue weighted by Gasteiger charge is 2.44. The first-order valence-corrected chi connectivity index (χ1v) is 12.7. The monoisotopic (exact) mass is 502 g/mol. The number of ether oxygens (including phenoxy) is 3. The van der Waals surface area contributed by atoms with E-state index in [4.69, 9.17) is 25.8 Å². The average molecular weight is 503 g/mol. The Morgan fingerprint density at radius 1 is 1.21 bits per heavy atom. The predicted octanol–water partition coefficient (Wildman–Crippen LogP) is 5.19. The van der Waals surface area contributed by atoms with E-state index < -0.39 is 17.6 Å². The van der Waals surface area contributed by atoms with Crippen LogP contribution >= 0.6 is 22.9 Å². The van der Waals surface area contributed by atoms with E-state index in [0.29, 0.717) is 29.9 Å². The van der Waals surface area contributed by atoms with Crippen LogP contribution in [0, 0.1) is 0 Å². The zero-order chi connectivity index (χ0) is 24.2. The molecule has 2 atom stereocenters. The van der Waals surface area contributed by atoms with Crippen molar-refractivity contribution in [2.75, 3.05) is 26.3 Å². The van der Waals surface area contributed by atoms with Gasteiger partial charge in [-0.1, -0.05) is 60.1 Å². The van der Waals surface area contributed by atoms with Crippen molar-refractivity contribution in [1.82, 2.24) is 9.88 Å². The van der Waals surface area contributed by atoms with Crippen LogP contribution in [0.15, 0.2) is 60.0 Å². The third-order valence-corrected chi connectivity index (χ3v) is 7.18. The second-order valence-corrected chi connectivity index (χ2v) is 10.3. The summed E-state index contributed by atoms with van der Waals surface area (Å²) in [5.41, 5.74) is 2.23. The third-order valence-electron chi connectivity index (χ3n) is 6.20. The number of hydrogen-bond donors (Lipinski definition) is 1. The topological polar surface area (TPSA) is 64.1 Å². The molecule has 0 radical (unpaired) electrons. The molecule has 182 valence electrons. The Labute approximate surface area is 210 Å². The van der Waals surface area contributed by atoms with Gasteiger partial charge in [-0.3, -0.25) is 4.90 Å². The average Bonchev–Trinajstić information content (AvgIpc) is 3.27. The maximum absolute atomic E-state index is 11.2. The summed E-state index contributed by atoms with van der Waals surface area (Å²) in [7, 11) is 0. The molecule has 0 bridgehead atoms. The van der Waals surface area contributed by atoms with Gasteiger partial charge in [0, 0.05) is 23.0 Å². The fraction of sp³-hybridized carbons (Fsp3) is 0.423. The Hall–Kier alpha value is -2.00. The summed E-state index contributed by atoms with van der Waals surface area (Å²) < 4.78 is 18.3. The minimum Gasteiger partial charge on any atom is -0.465 e. The first kappa shape index (κ1) is 25.1. The largest absolute Gasteiger partial charge is 0.465 e. The van der Waals surface area contributed by atoms with Crippen molar-refractivity contribution in [1.29, 1.82) is 0 Å². The number of halogens is 1. The maximum atomic E-state index is 11.2. The highest BCUT2D eigenvalue weighted by molar-refractivity contribution is 7.13. The first-order chi connectivity index (χ1) is 16.3. The van der Waals surface area contributed by atoms with Crippen molar-refractivity contribution < 1.29 is 19.3 Å². The lowest BCUT2D eigenvalue weighted by atomic mass is 9.90. The zero-order valence-electron chi connectivity index (χ0n) is 19.7. The van der Waals surface area contributed by atoms with Gasteiger partial charge >= 0.3 is 0 Å². The molecule has 1 aliphatic rings. The number of hydrogen-bond acceptors (Lipinski definition) is 7. The molecule has 2 unspecified atom stereocenters. The Balaban J connectivity index is 1.45. The molecule has 1 fully saturated rings. The van der Waals surface area contributed by atoms with Crippen molar-refractivity contribution in [3.8, 4) is 5.75 Å². The molecule has 2 aromatic carbocycles. The van der Waals surface area contributed by atoms with E-state index in [9.17, 15) is 5.11 Å². The molecule has 0 amide bonds. The number of para-hydroxylation sites is 1. The highest BCUT2D eigenvalue weighted by atomic mass is 35.5. The number of thiazole rings is 1. The Morgan fingerprint density at radius 3 is 2.68 bits per heavy atom. The molecule has 1 saturated heterocycles. The number of benzene rings is 2. The molecule has 4 rings (SSSR count). The number of β-amino-alcohol motifs (C(OH)–C–C–N with tert-alkyl or cyclic N) is 1. The Morgan fingerprint density at radius 2 is 1.94 bits per heavy atom. The van der Waals surface area contributed by atoms with Crippen molar-refractivity contribution in [2.45, 2.75) is 44.8 Å². The van der Waals surface area contributed by atoms with Gasteiger partial charge in [0.2, 0.25) is 5.79 Å². The summed E-state index contributed by atoms with van der Waals surface area (Å²) in [6.07, 6.45) is 0.425. The molecular weight excluding hydrogens is 472 g/mol. The lowest BCUT2D eigenvalue weighted by Crippen LogP contribution is -2.56. The van der Waals surface area contributed by atoms with Gasteiger partial charge in [0.25, 0.3) is 0 Å². The smallest absolute Gasteiger partial charge is 0.224 e. The van der Waals surface area contributed by atoms with E-state index >= 15 is 0 Å². The molecule has 2 heterocycles. The predicted molar refractivity (Wildman–Crippen MR) is 134 cm³/mol. The molecule has 1 aliphatic heterocycles. The minimum atomic E-state index is -1.51. The van der Waals surface area contributed by atoms with E-state index in [1.54, 1.807) is 5.38 Å². The van der Waals surface area contributed by atoms with Gasteiger partial charge in [-0.2, -0.15) is 0 Å². The molecule has 8 heteroatoms. The van der Waals surface area contributed by atoms with E-state index in [-0.39, 0.29) is 6.54 Å². The van der Waals surface area contributed by atoms with Crippen molar-refractivity contribution >= 4 is 22.9 Å².